The molecule has 2 heteroatoms. The van der Waals surface area contributed by atoms with E-state index < -0.39 is 0 Å². The maximum Gasteiger partial charge on any atom is 0.226 e. The van der Waals surface area contributed by atoms with E-state index in [9.17, 15) is 4.79 Å². The summed E-state index contributed by atoms with van der Waals surface area (Å²) in [6.07, 6.45) is 8.87. The lowest BCUT2D eigenvalue weighted by molar-refractivity contribution is -0.147. The Bertz CT molecular complexity index is 325. The van der Waals surface area contributed by atoms with Gasteiger partial charge in [0.25, 0.3) is 0 Å². The van der Waals surface area contributed by atoms with Crippen molar-refractivity contribution in [1.82, 2.24) is 5.32 Å². The van der Waals surface area contributed by atoms with Crippen LogP contribution in [0.4, 0.5) is 0 Å². The van der Waals surface area contributed by atoms with Crippen molar-refractivity contribution in [3.8, 4) is 0 Å². The molecule has 0 aromatic carbocycles. The lowest BCUT2D eigenvalue weighted by Crippen LogP contribution is -2.55. The summed E-state index contributed by atoms with van der Waals surface area (Å²) in [5, 5.41) is 3.33. The molecule has 1 amide bonds. The van der Waals surface area contributed by atoms with E-state index in [1.165, 1.54) is 38.5 Å². The molecular formula is C17H29NO. The molecule has 108 valence electrons. The molecule has 1 N–H and O–H groups in total. The molecule has 0 radical (unpaired) electrons. The Morgan fingerprint density at radius 1 is 1.05 bits per heavy atom. The third-order valence-electron chi connectivity index (χ3n) is 5.72. The predicted molar refractivity (Wildman–Crippen MR) is 77.7 cm³/mol. The quantitative estimate of drug-likeness (QED) is 0.822. The summed E-state index contributed by atoms with van der Waals surface area (Å²) in [4.78, 5) is 12.8. The van der Waals surface area contributed by atoms with Crippen molar-refractivity contribution in [2.24, 2.45) is 29.1 Å². The molecule has 0 saturated heterocycles. The fraction of sp³-hybridized carbons (Fsp3) is 0.941. The molecule has 4 saturated carbocycles. The largest absolute Gasteiger partial charge is 0.353 e. The molecule has 0 heterocycles. The Kier molecular flexibility index (Phi) is 3.39. The Hall–Kier alpha value is -0.530. The normalized spacial score (nSPS) is 41.6. The first kappa shape index (κ1) is 13.5. The van der Waals surface area contributed by atoms with Crippen LogP contribution in [0.3, 0.4) is 0 Å². The van der Waals surface area contributed by atoms with Crippen LogP contribution >= 0.6 is 0 Å². The molecule has 1 unspecified atom stereocenters. The van der Waals surface area contributed by atoms with Gasteiger partial charge in [0.05, 0.1) is 0 Å². The highest BCUT2D eigenvalue weighted by Crippen LogP contribution is 2.60. The molecule has 1 atom stereocenters. The molecule has 4 rings (SSSR count). The maximum absolute atomic E-state index is 12.8. The van der Waals surface area contributed by atoms with Crippen LogP contribution < -0.4 is 5.32 Å². The van der Waals surface area contributed by atoms with Gasteiger partial charge in [0.1, 0.15) is 0 Å². The minimum Gasteiger partial charge on any atom is -0.353 e. The molecule has 0 aliphatic heterocycles. The van der Waals surface area contributed by atoms with Gasteiger partial charge in [0.2, 0.25) is 5.91 Å². The summed E-state index contributed by atoms with van der Waals surface area (Å²) in [7, 11) is 0. The van der Waals surface area contributed by atoms with Crippen LogP contribution in [0.25, 0.3) is 0 Å². The summed E-state index contributed by atoms with van der Waals surface area (Å²) >= 11 is 0. The monoisotopic (exact) mass is 263 g/mol. The topological polar surface area (TPSA) is 29.1 Å². The van der Waals surface area contributed by atoms with Gasteiger partial charge in [-0.1, -0.05) is 13.8 Å². The zero-order valence-electron chi connectivity index (χ0n) is 12.7. The zero-order valence-corrected chi connectivity index (χ0v) is 12.7. The first-order valence-electron chi connectivity index (χ1n) is 8.28. The summed E-state index contributed by atoms with van der Waals surface area (Å²) in [5.41, 5.74) is 0.0278. The number of hydrogen-bond acceptors (Lipinski definition) is 1. The second-order valence-electron chi connectivity index (χ2n) is 8.20. The highest BCUT2D eigenvalue weighted by atomic mass is 16.2. The van der Waals surface area contributed by atoms with E-state index in [2.05, 4.69) is 26.1 Å². The van der Waals surface area contributed by atoms with Gasteiger partial charge in [0.15, 0.2) is 0 Å². The summed E-state index contributed by atoms with van der Waals surface area (Å²) in [6.45, 7) is 6.62. The second kappa shape index (κ2) is 4.79. The van der Waals surface area contributed by atoms with Crippen LogP contribution in [0.15, 0.2) is 0 Å². The molecule has 19 heavy (non-hydrogen) atoms. The van der Waals surface area contributed by atoms with Gasteiger partial charge in [0, 0.05) is 11.5 Å². The number of amides is 1. The van der Waals surface area contributed by atoms with E-state index in [0.717, 1.165) is 24.2 Å². The van der Waals surface area contributed by atoms with Crippen molar-refractivity contribution in [2.75, 3.05) is 0 Å². The van der Waals surface area contributed by atoms with Gasteiger partial charge in [-0.05, 0) is 75.5 Å². The number of carbonyl (C=O) groups excluding carboxylic acids is 1. The molecule has 0 aromatic heterocycles. The van der Waals surface area contributed by atoms with Gasteiger partial charge >= 0.3 is 0 Å². The van der Waals surface area contributed by atoms with Crippen LogP contribution in [-0.2, 0) is 4.79 Å². The van der Waals surface area contributed by atoms with Crippen LogP contribution in [0.1, 0.15) is 65.7 Å². The van der Waals surface area contributed by atoms with Crippen LogP contribution in [0.2, 0.25) is 0 Å². The highest BCUT2D eigenvalue weighted by Gasteiger charge is 2.54. The second-order valence-corrected chi connectivity index (χ2v) is 8.20. The number of rotatable bonds is 4. The number of carbonyl (C=O) groups is 1. The standard InChI is InChI=1S/C17H29NO/c1-11(2)4-12(3)18-16(19)17-8-13-5-14(9-17)7-15(6-13)10-17/h11-15H,4-10H2,1-3H3,(H,18,19). The van der Waals surface area contributed by atoms with E-state index in [1.807, 2.05) is 0 Å². The van der Waals surface area contributed by atoms with E-state index in [4.69, 9.17) is 0 Å². The lowest BCUT2D eigenvalue weighted by Gasteiger charge is -2.55. The smallest absolute Gasteiger partial charge is 0.226 e. The lowest BCUT2D eigenvalue weighted by atomic mass is 9.49. The van der Waals surface area contributed by atoms with Crippen LogP contribution in [0.5, 0.6) is 0 Å². The number of hydrogen-bond donors (Lipinski definition) is 1. The zero-order chi connectivity index (χ0) is 13.6. The van der Waals surface area contributed by atoms with Crippen LogP contribution in [-0.4, -0.2) is 11.9 Å². The average molecular weight is 263 g/mol. The van der Waals surface area contributed by atoms with Crippen molar-refractivity contribution in [2.45, 2.75) is 71.8 Å². The van der Waals surface area contributed by atoms with Crippen molar-refractivity contribution in [3.63, 3.8) is 0 Å². The summed E-state index contributed by atoms with van der Waals surface area (Å²) in [6, 6.07) is 0.334. The number of nitrogens with one attached hydrogen (secondary N) is 1. The predicted octanol–water partition coefficient (Wildman–Crippen LogP) is 3.75. The van der Waals surface area contributed by atoms with Crippen LogP contribution in [0, 0.1) is 29.1 Å². The first-order valence-corrected chi connectivity index (χ1v) is 8.28. The van der Waals surface area contributed by atoms with Gasteiger partial charge < -0.3 is 5.32 Å². The van der Waals surface area contributed by atoms with E-state index in [1.54, 1.807) is 0 Å². The first-order chi connectivity index (χ1) is 8.97. The molecule has 4 aliphatic carbocycles. The molecule has 2 nitrogen and oxygen atoms in total. The fourth-order valence-electron chi connectivity index (χ4n) is 5.53. The fourth-order valence-corrected chi connectivity index (χ4v) is 5.53. The molecule has 4 aliphatic rings. The Morgan fingerprint density at radius 2 is 1.53 bits per heavy atom. The SMILES string of the molecule is CC(C)CC(C)NC(=O)C12CC3CC(CC(C3)C1)C2. The Balaban J connectivity index is 1.66. The van der Waals surface area contributed by atoms with E-state index in [-0.39, 0.29) is 5.41 Å². The third kappa shape index (κ3) is 2.55. The minimum absolute atomic E-state index is 0.0278. The van der Waals surface area contributed by atoms with E-state index in [0.29, 0.717) is 17.9 Å². The van der Waals surface area contributed by atoms with Gasteiger partial charge in [-0.15, -0.1) is 0 Å². The van der Waals surface area contributed by atoms with Gasteiger partial charge in [-0.25, -0.2) is 0 Å². The van der Waals surface area contributed by atoms with Crippen molar-refractivity contribution in [1.29, 1.82) is 0 Å². The van der Waals surface area contributed by atoms with Crippen molar-refractivity contribution in [3.05, 3.63) is 0 Å². The summed E-state index contributed by atoms with van der Waals surface area (Å²) < 4.78 is 0. The van der Waals surface area contributed by atoms with Gasteiger partial charge in [-0.3, -0.25) is 4.79 Å². The molecule has 4 fully saturated rings. The van der Waals surface area contributed by atoms with Gasteiger partial charge in [-0.2, -0.15) is 0 Å². The Morgan fingerprint density at radius 3 is 1.95 bits per heavy atom. The molecular weight excluding hydrogens is 234 g/mol. The average Bonchev–Trinajstić information content (AvgIpc) is 2.25. The molecule has 4 bridgehead atoms. The van der Waals surface area contributed by atoms with Crippen molar-refractivity contribution >= 4 is 5.91 Å². The van der Waals surface area contributed by atoms with E-state index >= 15 is 0 Å². The highest BCUT2D eigenvalue weighted by molar-refractivity contribution is 5.83. The molecule has 0 aromatic rings. The van der Waals surface area contributed by atoms with Crippen molar-refractivity contribution < 1.29 is 4.79 Å². The minimum atomic E-state index is 0.0278. The Labute approximate surface area is 117 Å². The molecule has 0 spiro atoms. The summed E-state index contributed by atoms with van der Waals surface area (Å²) in [5.74, 6) is 3.62. The third-order valence-corrected chi connectivity index (χ3v) is 5.72. The maximum atomic E-state index is 12.8.